The van der Waals surface area contributed by atoms with Gasteiger partial charge >= 0.3 is 6.03 Å². The van der Waals surface area contributed by atoms with E-state index in [1.165, 1.54) is 0 Å². The molecule has 6 heteroatoms. The Kier molecular flexibility index (Phi) is 7.12. The first-order valence-corrected chi connectivity index (χ1v) is 11.0. The van der Waals surface area contributed by atoms with Gasteiger partial charge in [0, 0.05) is 37.6 Å². The molecule has 4 rings (SSSR count). The van der Waals surface area contributed by atoms with Crippen LogP contribution in [-0.4, -0.2) is 41.5 Å². The number of pyridine rings is 1. The summed E-state index contributed by atoms with van der Waals surface area (Å²) in [5.74, 6) is 0.402. The third-order valence-electron chi connectivity index (χ3n) is 5.92. The van der Waals surface area contributed by atoms with E-state index >= 15 is 0 Å². The van der Waals surface area contributed by atoms with Gasteiger partial charge in [0.1, 0.15) is 0 Å². The fraction of sp³-hybridized carbons (Fsp3) is 0.269. The minimum atomic E-state index is -0.211. The molecule has 1 aromatic heterocycles. The lowest BCUT2D eigenvalue weighted by Crippen LogP contribution is -2.44. The molecule has 32 heavy (non-hydrogen) atoms. The molecule has 3 amide bonds. The van der Waals surface area contributed by atoms with E-state index in [9.17, 15) is 9.59 Å². The van der Waals surface area contributed by atoms with Crippen LogP contribution in [0.15, 0.2) is 85.2 Å². The number of likely N-dealkylation sites (tertiary alicyclic amines) is 1. The number of carbonyl (C=O) groups is 2. The molecule has 2 aromatic carbocycles. The molecule has 0 saturated carbocycles. The van der Waals surface area contributed by atoms with Crippen molar-refractivity contribution in [2.45, 2.75) is 18.9 Å². The molecule has 0 atom stereocenters. The van der Waals surface area contributed by atoms with Gasteiger partial charge in [0.25, 0.3) is 5.91 Å². The highest BCUT2D eigenvalue weighted by molar-refractivity contribution is 5.94. The van der Waals surface area contributed by atoms with E-state index in [4.69, 9.17) is 0 Å². The third kappa shape index (κ3) is 5.52. The Hall–Kier alpha value is -3.67. The van der Waals surface area contributed by atoms with E-state index in [-0.39, 0.29) is 18.0 Å². The number of urea groups is 1. The summed E-state index contributed by atoms with van der Waals surface area (Å²) in [5.41, 5.74) is 2.75. The zero-order valence-corrected chi connectivity index (χ0v) is 18.0. The highest BCUT2D eigenvalue weighted by Gasteiger charge is 2.24. The summed E-state index contributed by atoms with van der Waals surface area (Å²) in [7, 11) is 0. The molecule has 0 radical (unpaired) electrons. The van der Waals surface area contributed by atoms with E-state index in [2.05, 4.69) is 15.6 Å². The molecular formula is C26H28N4O2. The van der Waals surface area contributed by atoms with Crippen LogP contribution in [0, 0.1) is 5.92 Å². The first-order chi connectivity index (χ1) is 15.7. The number of hydrogen-bond donors (Lipinski definition) is 2. The third-order valence-corrected chi connectivity index (χ3v) is 5.92. The zero-order valence-electron chi connectivity index (χ0n) is 18.0. The van der Waals surface area contributed by atoms with E-state index in [1.54, 1.807) is 24.5 Å². The maximum Gasteiger partial charge on any atom is 0.315 e. The minimum absolute atomic E-state index is 0.0464. The number of carbonyl (C=O) groups excluding carboxylic acids is 2. The van der Waals surface area contributed by atoms with E-state index < -0.39 is 0 Å². The fourth-order valence-electron chi connectivity index (χ4n) is 4.09. The molecule has 164 valence electrons. The average Bonchev–Trinajstić information content (AvgIpc) is 2.87. The van der Waals surface area contributed by atoms with Gasteiger partial charge < -0.3 is 15.5 Å². The number of nitrogens with one attached hydrogen (secondary N) is 2. The predicted octanol–water partition coefficient (Wildman–Crippen LogP) is 4.02. The second-order valence-electron chi connectivity index (χ2n) is 8.08. The average molecular weight is 429 g/mol. The van der Waals surface area contributed by atoms with Gasteiger partial charge in [-0.2, -0.15) is 0 Å². The molecule has 0 spiro atoms. The molecule has 2 heterocycles. The number of benzene rings is 2. The van der Waals surface area contributed by atoms with Gasteiger partial charge in [0.2, 0.25) is 0 Å². The molecule has 0 aliphatic carbocycles. The van der Waals surface area contributed by atoms with E-state index in [0.29, 0.717) is 31.1 Å². The van der Waals surface area contributed by atoms with Gasteiger partial charge in [-0.25, -0.2) is 4.79 Å². The van der Waals surface area contributed by atoms with E-state index in [1.807, 2.05) is 65.6 Å². The second kappa shape index (κ2) is 10.6. The van der Waals surface area contributed by atoms with Gasteiger partial charge in [0.15, 0.2) is 0 Å². The number of aromatic nitrogens is 1. The smallest absolute Gasteiger partial charge is 0.315 e. The van der Waals surface area contributed by atoms with Crippen molar-refractivity contribution in [3.63, 3.8) is 0 Å². The summed E-state index contributed by atoms with van der Waals surface area (Å²) in [6.45, 7) is 2.00. The highest BCUT2D eigenvalue weighted by atomic mass is 16.2. The molecule has 0 unspecified atom stereocenters. The summed E-state index contributed by atoms with van der Waals surface area (Å²) in [5, 5.41) is 6.15. The molecule has 1 saturated heterocycles. The van der Waals surface area contributed by atoms with Crippen LogP contribution >= 0.6 is 0 Å². The standard InChI is InChI=1S/C26H28N4O2/c31-25(23-11-15-27-16-12-23)30-17-13-20(14-18-30)19-28-26(32)29-24(21-7-3-1-4-8-21)22-9-5-2-6-10-22/h1-12,15-16,20,24H,13-14,17-19H2,(H2,28,29,32). The van der Waals surface area contributed by atoms with Crippen LogP contribution in [0.25, 0.3) is 0 Å². The number of nitrogens with zero attached hydrogens (tertiary/aromatic N) is 2. The summed E-state index contributed by atoms with van der Waals surface area (Å²) < 4.78 is 0. The quantitative estimate of drug-likeness (QED) is 0.623. The SMILES string of the molecule is O=C(NCC1CCN(C(=O)c2ccncc2)CC1)NC(c1ccccc1)c1ccccc1. The van der Waals surface area contributed by atoms with Crippen LogP contribution in [0.4, 0.5) is 4.79 Å². The normalized spacial score (nSPS) is 14.2. The maximum atomic E-state index is 12.7. The van der Waals surface area contributed by atoms with Crippen LogP contribution < -0.4 is 10.6 Å². The van der Waals surface area contributed by atoms with Crippen molar-refractivity contribution in [3.05, 3.63) is 102 Å². The molecule has 6 nitrogen and oxygen atoms in total. The van der Waals surface area contributed by atoms with Crippen molar-refractivity contribution in [2.75, 3.05) is 19.6 Å². The van der Waals surface area contributed by atoms with Gasteiger partial charge in [-0.05, 0) is 42.0 Å². The van der Waals surface area contributed by atoms with Gasteiger partial charge in [-0.1, -0.05) is 60.7 Å². The Bertz CT molecular complexity index is 964. The van der Waals surface area contributed by atoms with Crippen LogP contribution in [-0.2, 0) is 0 Å². The predicted molar refractivity (Wildman–Crippen MR) is 124 cm³/mol. The highest BCUT2D eigenvalue weighted by Crippen LogP contribution is 2.22. The first kappa shape index (κ1) is 21.6. The maximum absolute atomic E-state index is 12.7. The number of hydrogen-bond acceptors (Lipinski definition) is 3. The van der Waals surface area contributed by atoms with Crippen molar-refractivity contribution in [1.29, 1.82) is 0 Å². The first-order valence-electron chi connectivity index (χ1n) is 11.0. The Morgan fingerprint density at radius 1 is 0.875 bits per heavy atom. The zero-order chi connectivity index (χ0) is 22.2. The summed E-state index contributed by atoms with van der Waals surface area (Å²) in [6, 6.07) is 23.0. The van der Waals surface area contributed by atoms with Crippen LogP contribution in [0.1, 0.15) is 40.4 Å². The van der Waals surface area contributed by atoms with Crippen molar-refractivity contribution in [1.82, 2.24) is 20.5 Å². The van der Waals surface area contributed by atoms with Crippen molar-refractivity contribution in [3.8, 4) is 0 Å². The lowest BCUT2D eigenvalue weighted by molar-refractivity contribution is 0.0690. The Balaban J connectivity index is 1.29. The Labute approximate surface area is 188 Å². The second-order valence-corrected chi connectivity index (χ2v) is 8.08. The molecule has 3 aromatic rings. The number of amides is 3. The largest absolute Gasteiger partial charge is 0.339 e. The topological polar surface area (TPSA) is 74.3 Å². The lowest BCUT2D eigenvalue weighted by Gasteiger charge is -2.32. The van der Waals surface area contributed by atoms with Gasteiger partial charge in [-0.3, -0.25) is 9.78 Å². The molecule has 1 aliphatic heterocycles. The molecule has 2 N–H and O–H groups in total. The summed E-state index contributed by atoms with van der Waals surface area (Å²) in [4.78, 5) is 31.1. The van der Waals surface area contributed by atoms with E-state index in [0.717, 1.165) is 24.0 Å². The summed E-state index contributed by atoms with van der Waals surface area (Å²) >= 11 is 0. The fourth-order valence-corrected chi connectivity index (χ4v) is 4.09. The number of rotatable bonds is 6. The molecule has 1 fully saturated rings. The van der Waals surface area contributed by atoms with Crippen LogP contribution in [0.5, 0.6) is 0 Å². The van der Waals surface area contributed by atoms with Crippen LogP contribution in [0.2, 0.25) is 0 Å². The summed E-state index contributed by atoms with van der Waals surface area (Å²) in [6.07, 6.45) is 5.02. The molecular weight excluding hydrogens is 400 g/mol. The molecule has 1 aliphatic rings. The lowest BCUT2D eigenvalue weighted by atomic mass is 9.96. The van der Waals surface area contributed by atoms with Gasteiger partial charge in [0.05, 0.1) is 6.04 Å². The Morgan fingerprint density at radius 2 is 1.44 bits per heavy atom. The van der Waals surface area contributed by atoms with Crippen molar-refractivity contribution < 1.29 is 9.59 Å². The number of piperidine rings is 1. The monoisotopic (exact) mass is 428 g/mol. The van der Waals surface area contributed by atoms with Crippen molar-refractivity contribution >= 4 is 11.9 Å². The van der Waals surface area contributed by atoms with Crippen molar-refractivity contribution in [2.24, 2.45) is 5.92 Å². The van der Waals surface area contributed by atoms with Crippen LogP contribution in [0.3, 0.4) is 0 Å². The molecule has 0 bridgehead atoms. The Morgan fingerprint density at radius 3 is 2.00 bits per heavy atom. The minimum Gasteiger partial charge on any atom is -0.339 e. The van der Waals surface area contributed by atoms with Gasteiger partial charge in [-0.15, -0.1) is 0 Å².